The Hall–Kier alpha value is -0.780. The van der Waals surface area contributed by atoms with Gasteiger partial charge < -0.3 is 0 Å². The van der Waals surface area contributed by atoms with Gasteiger partial charge in [0.25, 0.3) is 0 Å². The molecule has 0 atom stereocenters. The van der Waals surface area contributed by atoms with Crippen LogP contribution in [-0.4, -0.2) is 0 Å². The standard InChI is InChI=1S/C15H21/c1-2-3-4-5-8-13-9-6-10-14-11-7-12-15(13)14/h6,9-10H,1-5,7-8,11-12H2. The van der Waals surface area contributed by atoms with Gasteiger partial charge in [-0.15, -0.1) is 0 Å². The molecule has 81 valence electrons. The van der Waals surface area contributed by atoms with E-state index >= 15 is 0 Å². The van der Waals surface area contributed by atoms with Crippen LogP contribution in [0.2, 0.25) is 0 Å². The van der Waals surface area contributed by atoms with E-state index in [2.05, 4.69) is 25.1 Å². The highest BCUT2D eigenvalue weighted by atomic mass is 14.2. The van der Waals surface area contributed by atoms with Gasteiger partial charge in [-0.2, -0.15) is 0 Å². The number of benzene rings is 1. The predicted octanol–water partition coefficient (Wildman–Crippen LogP) is 4.11. The largest absolute Gasteiger partial charge is 0.0617 e. The Bertz CT molecular complexity index is 312. The summed E-state index contributed by atoms with van der Waals surface area (Å²) < 4.78 is 0. The second-order valence-corrected chi connectivity index (χ2v) is 4.57. The molecule has 0 saturated heterocycles. The Morgan fingerprint density at radius 3 is 2.87 bits per heavy atom. The van der Waals surface area contributed by atoms with E-state index in [0.717, 1.165) is 6.42 Å². The van der Waals surface area contributed by atoms with Crippen molar-refractivity contribution in [3.63, 3.8) is 0 Å². The lowest BCUT2D eigenvalue weighted by Crippen LogP contribution is -1.93. The van der Waals surface area contributed by atoms with Gasteiger partial charge in [0.1, 0.15) is 0 Å². The summed E-state index contributed by atoms with van der Waals surface area (Å²) in [5, 5.41) is 0. The van der Waals surface area contributed by atoms with Crippen LogP contribution in [0.25, 0.3) is 0 Å². The number of aryl methyl sites for hydroxylation is 2. The summed E-state index contributed by atoms with van der Waals surface area (Å²) in [5.41, 5.74) is 4.91. The molecule has 0 nitrogen and oxygen atoms in total. The van der Waals surface area contributed by atoms with Crippen LogP contribution < -0.4 is 0 Å². The van der Waals surface area contributed by atoms with Gasteiger partial charge in [-0.05, 0) is 48.8 Å². The summed E-state index contributed by atoms with van der Waals surface area (Å²) >= 11 is 0. The van der Waals surface area contributed by atoms with Crippen molar-refractivity contribution in [2.45, 2.75) is 51.4 Å². The first-order chi connectivity index (χ1) is 7.42. The molecule has 0 heterocycles. The molecule has 1 aromatic rings. The van der Waals surface area contributed by atoms with E-state index in [9.17, 15) is 0 Å². The lowest BCUT2D eigenvalue weighted by molar-refractivity contribution is 0.683. The number of hydrogen-bond donors (Lipinski definition) is 0. The number of unbranched alkanes of at least 4 members (excludes halogenated alkanes) is 3. The van der Waals surface area contributed by atoms with Crippen LogP contribution in [0.4, 0.5) is 0 Å². The SMILES string of the molecule is [CH2]CCCCCc1cccc2c1CCC2. The van der Waals surface area contributed by atoms with Gasteiger partial charge >= 0.3 is 0 Å². The third-order valence-corrected chi connectivity index (χ3v) is 3.44. The van der Waals surface area contributed by atoms with E-state index in [-0.39, 0.29) is 0 Å². The Morgan fingerprint density at radius 1 is 1.07 bits per heavy atom. The third-order valence-electron chi connectivity index (χ3n) is 3.44. The summed E-state index contributed by atoms with van der Waals surface area (Å²) in [4.78, 5) is 0. The van der Waals surface area contributed by atoms with E-state index in [1.807, 2.05) is 0 Å². The van der Waals surface area contributed by atoms with Gasteiger partial charge in [0.05, 0.1) is 0 Å². The lowest BCUT2D eigenvalue weighted by atomic mass is 9.98. The first-order valence-corrected chi connectivity index (χ1v) is 6.30. The second kappa shape index (κ2) is 5.34. The number of fused-ring (bicyclic) bond motifs is 1. The fourth-order valence-electron chi connectivity index (χ4n) is 2.60. The smallest absolute Gasteiger partial charge is 0.0270 e. The highest BCUT2D eigenvalue weighted by Gasteiger charge is 2.13. The maximum atomic E-state index is 3.89. The van der Waals surface area contributed by atoms with Crippen molar-refractivity contribution in [3.05, 3.63) is 41.8 Å². The molecule has 2 rings (SSSR count). The van der Waals surface area contributed by atoms with Gasteiger partial charge in [0, 0.05) is 0 Å². The molecule has 0 spiro atoms. The van der Waals surface area contributed by atoms with E-state index in [1.54, 1.807) is 16.7 Å². The second-order valence-electron chi connectivity index (χ2n) is 4.57. The first-order valence-electron chi connectivity index (χ1n) is 6.30. The van der Waals surface area contributed by atoms with E-state index in [0.29, 0.717) is 0 Å². The minimum atomic E-state index is 1.09. The molecule has 0 heteroatoms. The van der Waals surface area contributed by atoms with Gasteiger partial charge in [0.2, 0.25) is 0 Å². The van der Waals surface area contributed by atoms with Gasteiger partial charge in [-0.1, -0.05) is 44.4 Å². The van der Waals surface area contributed by atoms with Crippen LogP contribution in [0.3, 0.4) is 0 Å². The summed E-state index contributed by atoms with van der Waals surface area (Å²) in [5.74, 6) is 0. The Labute approximate surface area is 93.7 Å². The van der Waals surface area contributed by atoms with Crippen LogP contribution in [-0.2, 0) is 19.3 Å². The van der Waals surface area contributed by atoms with Crippen LogP contribution in [0, 0.1) is 6.92 Å². The van der Waals surface area contributed by atoms with Crippen molar-refractivity contribution < 1.29 is 0 Å². The molecule has 0 fully saturated rings. The van der Waals surface area contributed by atoms with E-state index in [4.69, 9.17) is 0 Å². The van der Waals surface area contributed by atoms with Crippen molar-refractivity contribution in [1.82, 2.24) is 0 Å². The molecule has 0 bridgehead atoms. The molecule has 0 saturated carbocycles. The molecule has 1 aliphatic rings. The van der Waals surface area contributed by atoms with Gasteiger partial charge in [0.15, 0.2) is 0 Å². The highest BCUT2D eigenvalue weighted by Crippen LogP contribution is 2.26. The van der Waals surface area contributed by atoms with Crippen molar-refractivity contribution in [2.75, 3.05) is 0 Å². The Balaban J connectivity index is 1.94. The zero-order valence-electron chi connectivity index (χ0n) is 9.60. The van der Waals surface area contributed by atoms with Crippen LogP contribution in [0.15, 0.2) is 18.2 Å². The zero-order chi connectivity index (χ0) is 10.5. The van der Waals surface area contributed by atoms with Crippen molar-refractivity contribution >= 4 is 0 Å². The number of rotatable bonds is 5. The lowest BCUT2D eigenvalue weighted by Gasteiger charge is -2.07. The topological polar surface area (TPSA) is 0 Å². The molecule has 0 N–H and O–H groups in total. The van der Waals surface area contributed by atoms with Crippen molar-refractivity contribution in [2.24, 2.45) is 0 Å². The zero-order valence-corrected chi connectivity index (χ0v) is 9.60. The average molecular weight is 201 g/mol. The van der Waals surface area contributed by atoms with Gasteiger partial charge in [-0.25, -0.2) is 0 Å². The molecule has 0 unspecified atom stereocenters. The fourth-order valence-corrected chi connectivity index (χ4v) is 2.60. The van der Waals surface area contributed by atoms with Crippen LogP contribution >= 0.6 is 0 Å². The molecule has 0 aliphatic heterocycles. The molecule has 1 aliphatic carbocycles. The van der Waals surface area contributed by atoms with Gasteiger partial charge in [-0.3, -0.25) is 0 Å². The minimum Gasteiger partial charge on any atom is -0.0617 e. The summed E-state index contributed by atoms with van der Waals surface area (Å²) in [7, 11) is 0. The third kappa shape index (κ3) is 2.62. The normalized spacial score (nSPS) is 14.2. The molecule has 1 aromatic carbocycles. The average Bonchev–Trinajstić information content (AvgIpc) is 2.73. The first kappa shape index (κ1) is 10.7. The number of hydrogen-bond acceptors (Lipinski definition) is 0. The maximum absolute atomic E-state index is 3.89. The minimum absolute atomic E-state index is 1.09. The maximum Gasteiger partial charge on any atom is -0.0270 e. The van der Waals surface area contributed by atoms with Crippen LogP contribution in [0.5, 0.6) is 0 Å². The van der Waals surface area contributed by atoms with E-state index in [1.165, 1.54) is 44.9 Å². The quantitative estimate of drug-likeness (QED) is 0.629. The summed E-state index contributed by atoms with van der Waals surface area (Å²) in [6, 6.07) is 6.87. The Kier molecular flexibility index (Phi) is 3.82. The highest BCUT2D eigenvalue weighted by molar-refractivity contribution is 5.38. The van der Waals surface area contributed by atoms with Crippen molar-refractivity contribution in [1.29, 1.82) is 0 Å². The molecule has 0 amide bonds. The van der Waals surface area contributed by atoms with Crippen LogP contribution in [0.1, 0.15) is 48.8 Å². The molecular weight excluding hydrogens is 180 g/mol. The van der Waals surface area contributed by atoms with E-state index < -0.39 is 0 Å². The summed E-state index contributed by atoms with van der Waals surface area (Å²) in [6.07, 6.45) is 10.3. The predicted molar refractivity (Wildman–Crippen MR) is 66.0 cm³/mol. The molecule has 15 heavy (non-hydrogen) atoms. The molecular formula is C15H21. The fraction of sp³-hybridized carbons (Fsp3) is 0.533. The summed E-state index contributed by atoms with van der Waals surface area (Å²) in [6.45, 7) is 3.89. The monoisotopic (exact) mass is 201 g/mol. The molecule has 0 aromatic heterocycles. The Morgan fingerprint density at radius 2 is 2.00 bits per heavy atom. The molecule has 1 radical (unpaired) electrons. The van der Waals surface area contributed by atoms with Crippen molar-refractivity contribution in [3.8, 4) is 0 Å².